The molecule has 0 radical (unpaired) electrons. The second-order valence-corrected chi connectivity index (χ2v) is 2.73. The minimum absolute atomic E-state index is 0.00880. The highest BCUT2D eigenvalue weighted by atomic mass is 16.5. The van der Waals surface area contributed by atoms with Crippen molar-refractivity contribution in [3.8, 4) is 5.88 Å². The quantitative estimate of drug-likeness (QED) is 0.772. The third-order valence-electron chi connectivity index (χ3n) is 1.88. The Morgan fingerprint density at radius 3 is 3.00 bits per heavy atom. The van der Waals surface area contributed by atoms with Crippen molar-refractivity contribution in [1.82, 2.24) is 9.38 Å². The van der Waals surface area contributed by atoms with E-state index in [1.165, 1.54) is 13.3 Å². The third kappa shape index (κ3) is 1.19. The standard InChI is InChI=1S/C9H8N2O3/c1-14-8-4-2-3-7-10-6(9(12)13)5-11(7)8/h2-5H,1H3,(H,12,13). The van der Waals surface area contributed by atoms with Crippen molar-refractivity contribution in [3.05, 3.63) is 30.1 Å². The predicted molar refractivity (Wildman–Crippen MR) is 48.7 cm³/mol. The van der Waals surface area contributed by atoms with Crippen LogP contribution in [0.1, 0.15) is 10.5 Å². The number of hydrogen-bond acceptors (Lipinski definition) is 3. The Morgan fingerprint density at radius 2 is 2.36 bits per heavy atom. The van der Waals surface area contributed by atoms with Gasteiger partial charge in [-0.1, -0.05) is 6.07 Å². The summed E-state index contributed by atoms with van der Waals surface area (Å²) >= 11 is 0. The zero-order valence-electron chi connectivity index (χ0n) is 7.47. The predicted octanol–water partition coefficient (Wildman–Crippen LogP) is 1.04. The number of rotatable bonds is 2. The van der Waals surface area contributed by atoms with Gasteiger partial charge in [-0.05, 0) is 12.1 Å². The van der Waals surface area contributed by atoms with Gasteiger partial charge in [0.05, 0.1) is 7.11 Å². The first-order valence-electron chi connectivity index (χ1n) is 3.98. The molecular weight excluding hydrogens is 184 g/mol. The lowest BCUT2D eigenvalue weighted by Crippen LogP contribution is -1.95. The van der Waals surface area contributed by atoms with Crippen LogP contribution in [-0.2, 0) is 0 Å². The smallest absolute Gasteiger partial charge is 0.356 e. The van der Waals surface area contributed by atoms with E-state index in [9.17, 15) is 4.79 Å². The zero-order chi connectivity index (χ0) is 10.1. The molecule has 2 heterocycles. The minimum atomic E-state index is -1.05. The number of methoxy groups -OCH3 is 1. The van der Waals surface area contributed by atoms with E-state index in [0.717, 1.165) is 0 Å². The average molecular weight is 192 g/mol. The number of imidazole rings is 1. The first kappa shape index (κ1) is 8.55. The number of carbonyl (C=O) groups is 1. The molecule has 14 heavy (non-hydrogen) atoms. The monoisotopic (exact) mass is 192 g/mol. The molecule has 5 nitrogen and oxygen atoms in total. The van der Waals surface area contributed by atoms with Crippen molar-refractivity contribution in [2.24, 2.45) is 0 Å². The maximum atomic E-state index is 10.7. The minimum Gasteiger partial charge on any atom is -0.482 e. The van der Waals surface area contributed by atoms with Crippen LogP contribution >= 0.6 is 0 Å². The summed E-state index contributed by atoms with van der Waals surface area (Å²) in [6.07, 6.45) is 1.43. The van der Waals surface area contributed by atoms with Gasteiger partial charge in [-0.2, -0.15) is 0 Å². The van der Waals surface area contributed by atoms with Gasteiger partial charge in [-0.25, -0.2) is 9.78 Å². The largest absolute Gasteiger partial charge is 0.482 e. The summed E-state index contributed by atoms with van der Waals surface area (Å²) in [6, 6.07) is 5.21. The van der Waals surface area contributed by atoms with E-state index < -0.39 is 5.97 Å². The van der Waals surface area contributed by atoms with Gasteiger partial charge in [0.25, 0.3) is 0 Å². The van der Waals surface area contributed by atoms with E-state index in [4.69, 9.17) is 9.84 Å². The molecule has 0 unspecified atom stereocenters. The highest BCUT2D eigenvalue weighted by Crippen LogP contribution is 2.14. The number of ether oxygens (including phenoxy) is 1. The molecule has 0 spiro atoms. The van der Waals surface area contributed by atoms with Crippen molar-refractivity contribution < 1.29 is 14.6 Å². The molecule has 1 N–H and O–H groups in total. The van der Waals surface area contributed by atoms with Crippen LogP contribution in [0.15, 0.2) is 24.4 Å². The fraction of sp³-hybridized carbons (Fsp3) is 0.111. The van der Waals surface area contributed by atoms with Crippen LogP contribution < -0.4 is 4.74 Å². The van der Waals surface area contributed by atoms with Gasteiger partial charge in [-0.3, -0.25) is 4.40 Å². The summed E-state index contributed by atoms with van der Waals surface area (Å²) in [6.45, 7) is 0. The van der Waals surface area contributed by atoms with Crippen LogP contribution in [0, 0.1) is 0 Å². The van der Waals surface area contributed by atoms with Gasteiger partial charge in [0.15, 0.2) is 11.6 Å². The Labute approximate surface area is 79.6 Å². The molecule has 0 saturated carbocycles. The number of carboxylic acid groups (broad SMARTS) is 1. The van der Waals surface area contributed by atoms with E-state index in [1.54, 1.807) is 22.6 Å². The second-order valence-electron chi connectivity index (χ2n) is 2.73. The van der Waals surface area contributed by atoms with Crippen LogP contribution in [0.25, 0.3) is 5.65 Å². The molecule has 0 fully saturated rings. The lowest BCUT2D eigenvalue weighted by atomic mass is 10.4. The Morgan fingerprint density at radius 1 is 1.57 bits per heavy atom. The number of fused-ring (bicyclic) bond motifs is 1. The first-order valence-corrected chi connectivity index (χ1v) is 3.98. The Kier molecular flexibility index (Phi) is 1.85. The third-order valence-corrected chi connectivity index (χ3v) is 1.88. The normalized spacial score (nSPS) is 10.4. The van der Waals surface area contributed by atoms with E-state index >= 15 is 0 Å². The van der Waals surface area contributed by atoms with E-state index in [-0.39, 0.29) is 5.69 Å². The summed E-state index contributed by atoms with van der Waals surface area (Å²) in [4.78, 5) is 14.6. The van der Waals surface area contributed by atoms with E-state index in [2.05, 4.69) is 4.98 Å². The lowest BCUT2D eigenvalue weighted by molar-refractivity contribution is 0.0691. The number of pyridine rings is 1. The highest BCUT2D eigenvalue weighted by Gasteiger charge is 2.10. The van der Waals surface area contributed by atoms with Crippen molar-refractivity contribution >= 4 is 11.6 Å². The van der Waals surface area contributed by atoms with Gasteiger partial charge >= 0.3 is 5.97 Å². The van der Waals surface area contributed by atoms with Gasteiger partial charge < -0.3 is 9.84 Å². The number of aromatic carboxylic acids is 1. The van der Waals surface area contributed by atoms with Crippen LogP contribution in [0.2, 0.25) is 0 Å². The van der Waals surface area contributed by atoms with Gasteiger partial charge in [0.1, 0.15) is 5.65 Å². The molecule has 0 aliphatic carbocycles. The summed E-state index contributed by atoms with van der Waals surface area (Å²) in [5, 5.41) is 8.73. The van der Waals surface area contributed by atoms with Crippen molar-refractivity contribution in [1.29, 1.82) is 0 Å². The molecule has 2 rings (SSSR count). The average Bonchev–Trinajstić information content (AvgIpc) is 2.60. The Hall–Kier alpha value is -2.04. The Balaban J connectivity index is 2.70. The molecular formula is C9H8N2O3. The molecule has 72 valence electrons. The number of carboxylic acids is 1. The Bertz CT molecular complexity index is 490. The number of aromatic nitrogens is 2. The van der Waals surface area contributed by atoms with Gasteiger partial charge in [0, 0.05) is 6.20 Å². The maximum Gasteiger partial charge on any atom is 0.356 e. The second kappa shape index (κ2) is 3.02. The SMILES string of the molecule is COc1cccc2nc(C(=O)O)cn12. The molecule has 2 aromatic rings. The number of nitrogens with zero attached hydrogens (tertiary/aromatic N) is 2. The van der Waals surface area contributed by atoms with Crippen LogP contribution in [0.3, 0.4) is 0 Å². The van der Waals surface area contributed by atoms with Gasteiger partial charge in [0.2, 0.25) is 0 Å². The van der Waals surface area contributed by atoms with Crippen molar-refractivity contribution in [3.63, 3.8) is 0 Å². The molecule has 0 amide bonds. The fourth-order valence-electron chi connectivity index (χ4n) is 1.25. The molecule has 0 aliphatic heterocycles. The van der Waals surface area contributed by atoms with E-state index in [1.807, 2.05) is 0 Å². The van der Waals surface area contributed by atoms with Crippen molar-refractivity contribution in [2.75, 3.05) is 7.11 Å². The van der Waals surface area contributed by atoms with Crippen LogP contribution in [-0.4, -0.2) is 27.6 Å². The summed E-state index contributed by atoms with van der Waals surface area (Å²) in [5.74, 6) is -0.488. The van der Waals surface area contributed by atoms with E-state index in [0.29, 0.717) is 11.5 Å². The molecule has 0 atom stereocenters. The van der Waals surface area contributed by atoms with Crippen molar-refractivity contribution in [2.45, 2.75) is 0 Å². The molecule has 0 aromatic carbocycles. The summed E-state index contributed by atoms with van der Waals surface area (Å²) in [5.41, 5.74) is 0.566. The topological polar surface area (TPSA) is 63.8 Å². The van der Waals surface area contributed by atoms with Crippen LogP contribution in [0.4, 0.5) is 0 Å². The molecule has 5 heteroatoms. The number of hydrogen-bond donors (Lipinski definition) is 1. The lowest BCUT2D eigenvalue weighted by Gasteiger charge is -2.01. The zero-order valence-corrected chi connectivity index (χ0v) is 7.47. The maximum absolute atomic E-state index is 10.7. The molecule has 0 bridgehead atoms. The molecule has 0 aliphatic rings. The molecule has 2 aromatic heterocycles. The van der Waals surface area contributed by atoms with Crippen LogP contribution in [0.5, 0.6) is 5.88 Å². The van der Waals surface area contributed by atoms with Gasteiger partial charge in [-0.15, -0.1) is 0 Å². The molecule has 0 saturated heterocycles. The highest BCUT2D eigenvalue weighted by molar-refractivity contribution is 5.86. The fourth-order valence-corrected chi connectivity index (χ4v) is 1.25. The summed E-state index contributed by atoms with van der Waals surface area (Å²) < 4.78 is 6.64. The first-order chi connectivity index (χ1) is 6.72. The summed E-state index contributed by atoms with van der Waals surface area (Å²) in [7, 11) is 1.52.